The van der Waals surface area contributed by atoms with Gasteiger partial charge in [0.2, 0.25) is 0 Å². The zero-order chi connectivity index (χ0) is 15.9. The smallest absolute Gasteiger partial charge is 0.387 e. The molecule has 0 fully saturated rings. The summed E-state index contributed by atoms with van der Waals surface area (Å²) >= 11 is 5.79. The molecule has 22 heavy (non-hydrogen) atoms. The van der Waals surface area contributed by atoms with E-state index < -0.39 is 12.5 Å². The van der Waals surface area contributed by atoms with E-state index in [0.29, 0.717) is 10.8 Å². The Morgan fingerprint density at radius 1 is 1.18 bits per heavy atom. The van der Waals surface area contributed by atoms with Crippen LogP contribution in [0.25, 0.3) is 0 Å². The van der Waals surface area contributed by atoms with Gasteiger partial charge in [-0.25, -0.2) is 0 Å². The number of carbonyl (C=O) groups excluding carboxylic acids is 1. The largest absolute Gasteiger partial charge is 0.484 e. The zero-order valence-electron chi connectivity index (χ0n) is 11.3. The van der Waals surface area contributed by atoms with Crippen LogP contribution in [0, 0.1) is 0 Å². The van der Waals surface area contributed by atoms with E-state index in [1.807, 2.05) is 0 Å². The second kappa shape index (κ2) is 7.61. The number of carbonyl (C=O) groups is 1. The van der Waals surface area contributed by atoms with Crippen LogP contribution < -0.4 is 14.8 Å². The Balaban J connectivity index is 1.95. The first-order valence-corrected chi connectivity index (χ1v) is 6.64. The predicted octanol–water partition coefficient (Wildman–Crippen LogP) is 3.96. The summed E-state index contributed by atoms with van der Waals surface area (Å²) in [4.78, 5) is 11.8. The lowest BCUT2D eigenvalue weighted by molar-refractivity contribution is -0.118. The predicted molar refractivity (Wildman–Crippen MR) is 78.7 cm³/mol. The molecule has 2 aromatic carbocycles. The maximum absolute atomic E-state index is 12.3. The Labute approximate surface area is 130 Å². The molecule has 0 aliphatic carbocycles. The molecule has 0 aliphatic rings. The Morgan fingerprint density at radius 3 is 2.68 bits per heavy atom. The molecular weight excluding hydrogens is 316 g/mol. The quantitative estimate of drug-likeness (QED) is 0.873. The zero-order valence-corrected chi connectivity index (χ0v) is 12.0. The van der Waals surface area contributed by atoms with Gasteiger partial charge in [-0.15, -0.1) is 0 Å². The van der Waals surface area contributed by atoms with Gasteiger partial charge in [-0.1, -0.05) is 29.8 Å². The van der Waals surface area contributed by atoms with Crippen molar-refractivity contribution in [3.63, 3.8) is 0 Å². The van der Waals surface area contributed by atoms with E-state index in [4.69, 9.17) is 16.3 Å². The summed E-state index contributed by atoms with van der Waals surface area (Å²) in [5.41, 5.74) is 0.141. The molecule has 116 valence electrons. The molecule has 0 atom stereocenters. The number of para-hydroxylation sites is 2. The number of nitrogens with one attached hydrogen (secondary N) is 1. The van der Waals surface area contributed by atoms with Crippen LogP contribution in [0.15, 0.2) is 48.5 Å². The highest BCUT2D eigenvalue weighted by Crippen LogP contribution is 2.25. The molecular formula is C15H12ClF2NO3. The number of anilines is 1. The van der Waals surface area contributed by atoms with E-state index >= 15 is 0 Å². The summed E-state index contributed by atoms with van der Waals surface area (Å²) in [6.45, 7) is -3.26. The number of benzene rings is 2. The van der Waals surface area contributed by atoms with E-state index in [1.54, 1.807) is 30.3 Å². The number of ether oxygens (including phenoxy) is 2. The summed E-state index contributed by atoms with van der Waals surface area (Å²) in [6.07, 6.45) is 0. The van der Waals surface area contributed by atoms with Crippen molar-refractivity contribution >= 4 is 23.2 Å². The normalized spacial score (nSPS) is 10.4. The number of hydrogen-bond acceptors (Lipinski definition) is 3. The van der Waals surface area contributed by atoms with E-state index in [0.717, 1.165) is 0 Å². The SMILES string of the molecule is O=C(COc1cccc(Cl)c1)Nc1ccccc1OC(F)F. The number of halogens is 3. The van der Waals surface area contributed by atoms with Crippen molar-refractivity contribution in [1.29, 1.82) is 0 Å². The minimum absolute atomic E-state index is 0.117. The third-order valence-corrected chi connectivity index (χ3v) is 2.78. The maximum Gasteiger partial charge on any atom is 0.387 e. The van der Waals surface area contributed by atoms with Crippen LogP contribution >= 0.6 is 11.6 Å². The molecule has 0 spiro atoms. The van der Waals surface area contributed by atoms with E-state index in [1.165, 1.54) is 18.2 Å². The maximum atomic E-state index is 12.3. The van der Waals surface area contributed by atoms with Gasteiger partial charge in [0, 0.05) is 5.02 Å². The molecule has 0 unspecified atom stereocenters. The van der Waals surface area contributed by atoms with Crippen LogP contribution in [0.3, 0.4) is 0 Å². The highest BCUT2D eigenvalue weighted by molar-refractivity contribution is 6.30. The molecule has 0 radical (unpaired) electrons. The van der Waals surface area contributed by atoms with Crippen molar-refractivity contribution in [2.24, 2.45) is 0 Å². The second-order valence-electron chi connectivity index (χ2n) is 4.17. The van der Waals surface area contributed by atoms with E-state index in [2.05, 4.69) is 10.1 Å². The van der Waals surface area contributed by atoms with Crippen LogP contribution in [0.1, 0.15) is 0 Å². The van der Waals surface area contributed by atoms with Gasteiger partial charge in [0.1, 0.15) is 11.5 Å². The summed E-state index contributed by atoms with van der Waals surface area (Å²) in [5, 5.41) is 2.93. The van der Waals surface area contributed by atoms with E-state index in [-0.39, 0.29) is 18.0 Å². The highest BCUT2D eigenvalue weighted by Gasteiger charge is 2.11. The molecule has 0 aromatic heterocycles. The van der Waals surface area contributed by atoms with Gasteiger partial charge in [0.25, 0.3) is 5.91 Å². The Hall–Kier alpha value is -2.34. The first-order chi connectivity index (χ1) is 10.5. The standard InChI is InChI=1S/C15H12ClF2NO3/c16-10-4-3-5-11(8-10)21-9-14(20)19-12-6-1-2-7-13(12)22-15(17)18/h1-8,15H,9H2,(H,19,20). The number of rotatable bonds is 6. The number of alkyl halides is 2. The fourth-order valence-corrected chi connectivity index (χ4v) is 1.84. The molecule has 2 rings (SSSR count). The average molecular weight is 328 g/mol. The Morgan fingerprint density at radius 2 is 1.95 bits per heavy atom. The van der Waals surface area contributed by atoms with E-state index in [9.17, 15) is 13.6 Å². The molecule has 4 nitrogen and oxygen atoms in total. The molecule has 0 aliphatic heterocycles. The Bertz CT molecular complexity index is 652. The summed E-state index contributed by atoms with van der Waals surface area (Å²) in [6, 6.07) is 12.5. The van der Waals surface area contributed by atoms with Crippen molar-refractivity contribution < 1.29 is 23.0 Å². The summed E-state index contributed by atoms with van der Waals surface area (Å²) in [5.74, 6) is -0.196. The van der Waals surface area contributed by atoms with Crippen LogP contribution in [-0.4, -0.2) is 19.1 Å². The fourth-order valence-electron chi connectivity index (χ4n) is 1.66. The highest BCUT2D eigenvalue weighted by atomic mass is 35.5. The Kier molecular flexibility index (Phi) is 5.55. The van der Waals surface area contributed by atoms with Crippen molar-refractivity contribution in [2.45, 2.75) is 6.61 Å². The number of amides is 1. The molecule has 1 amide bonds. The second-order valence-corrected chi connectivity index (χ2v) is 4.61. The van der Waals surface area contributed by atoms with Crippen molar-refractivity contribution in [2.75, 3.05) is 11.9 Å². The van der Waals surface area contributed by atoms with Crippen LogP contribution in [0.4, 0.5) is 14.5 Å². The fraction of sp³-hybridized carbons (Fsp3) is 0.133. The summed E-state index contributed by atoms with van der Waals surface area (Å²) < 4.78 is 34.1. The molecule has 0 saturated heterocycles. The summed E-state index contributed by atoms with van der Waals surface area (Å²) in [7, 11) is 0. The van der Waals surface area contributed by atoms with Crippen LogP contribution in [0.2, 0.25) is 5.02 Å². The lowest BCUT2D eigenvalue weighted by Crippen LogP contribution is -2.20. The lowest BCUT2D eigenvalue weighted by atomic mass is 10.3. The molecule has 0 bridgehead atoms. The lowest BCUT2D eigenvalue weighted by Gasteiger charge is -2.12. The van der Waals surface area contributed by atoms with Gasteiger partial charge in [-0.3, -0.25) is 4.79 Å². The molecule has 7 heteroatoms. The molecule has 0 saturated carbocycles. The third kappa shape index (κ3) is 4.89. The minimum Gasteiger partial charge on any atom is -0.484 e. The van der Waals surface area contributed by atoms with Gasteiger partial charge in [-0.2, -0.15) is 8.78 Å². The first kappa shape index (κ1) is 16.0. The van der Waals surface area contributed by atoms with Crippen molar-refractivity contribution in [1.82, 2.24) is 0 Å². The van der Waals surface area contributed by atoms with Crippen molar-refractivity contribution in [3.05, 3.63) is 53.6 Å². The van der Waals surface area contributed by atoms with Gasteiger partial charge in [-0.05, 0) is 30.3 Å². The molecule has 0 heterocycles. The topological polar surface area (TPSA) is 47.6 Å². The molecule has 2 aromatic rings. The number of hydrogen-bond donors (Lipinski definition) is 1. The third-order valence-electron chi connectivity index (χ3n) is 2.54. The van der Waals surface area contributed by atoms with Gasteiger partial charge >= 0.3 is 6.61 Å². The van der Waals surface area contributed by atoms with Crippen molar-refractivity contribution in [3.8, 4) is 11.5 Å². The average Bonchev–Trinajstić information content (AvgIpc) is 2.47. The monoisotopic (exact) mass is 327 g/mol. The minimum atomic E-state index is -2.97. The molecule has 1 N–H and O–H groups in total. The van der Waals surface area contributed by atoms with Gasteiger partial charge in [0.15, 0.2) is 6.61 Å². The van der Waals surface area contributed by atoms with Crippen LogP contribution in [-0.2, 0) is 4.79 Å². The van der Waals surface area contributed by atoms with Gasteiger partial charge < -0.3 is 14.8 Å². The van der Waals surface area contributed by atoms with Crippen LogP contribution in [0.5, 0.6) is 11.5 Å². The van der Waals surface area contributed by atoms with Gasteiger partial charge in [0.05, 0.1) is 5.69 Å². The first-order valence-electron chi connectivity index (χ1n) is 6.26.